The zero-order valence-corrected chi connectivity index (χ0v) is 19.0. The third kappa shape index (κ3) is 8.67. The first-order chi connectivity index (χ1) is 15.5. The van der Waals surface area contributed by atoms with E-state index in [1.54, 1.807) is 24.3 Å². The van der Waals surface area contributed by atoms with Crippen LogP contribution in [0.1, 0.15) is 71.1 Å². The molecule has 1 aliphatic rings. The maximum absolute atomic E-state index is 12.1. The molecule has 0 spiro atoms. The van der Waals surface area contributed by atoms with E-state index in [4.69, 9.17) is 9.47 Å². The zero-order valence-electron chi connectivity index (χ0n) is 19.0. The van der Waals surface area contributed by atoms with Gasteiger partial charge in [0.05, 0.1) is 6.61 Å². The number of aliphatic hydroxyl groups excluding tert-OH is 4. The summed E-state index contributed by atoms with van der Waals surface area (Å²) in [5, 5.41) is 41.8. The van der Waals surface area contributed by atoms with Crippen molar-refractivity contribution in [2.75, 3.05) is 11.9 Å². The highest BCUT2D eigenvalue weighted by Gasteiger charge is 2.44. The first-order valence-electron chi connectivity index (χ1n) is 11.8. The van der Waals surface area contributed by atoms with Crippen molar-refractivity contribution in [1.29, 1.82) is 0 Å². The molecule has 0 aliphatic carbocycles. The molecule has 1 aliphatic heterocycles. The number of nitrogens with one attached hydrogen (secondary N) is 1. The number of unbranched alkanes of at least 4 members (excludes halogenated alkanes) is 8. The molecule has 1 fully saturated rings. The fourth-order valence-electron chi connectivity index (χ4n) is 3.74. The Kier molecular flexibility index (Phi) is 12.0. The highest BCUT2D eigenvalue weighted by molar-refractivity contribution is 5.90. The SMILES string of the molecule is CCCCCCCCCCCC(=O)Nc1ccc(O[C@H]2O[C@H](CO)[C@H](O)[C@H](O)[C@H]2O)cc1. The van der Waals surface area contributed by atoms with Crippen molar-refractivity contribution < 1.29 is 34.7 Å². The highest BCUT2D eigenvalue weighted by atomic mass is 16.7. The molecule has 1 amide bonds. The summed E-state index contributed by atoms with van der Waals surface area (Å²) in [6, 6.07) is 6.56. The van der Waals surface area contributed by atoms with Crippen molar-refractivity contribution in [3.63, 3.8) is 0 Å². The highest BCUT2D eigenvalue weighted by Crippen LogP contribution is 2.25. The molecule has 0 bridgehead atoms. The second-order valence-electron chi connectivity index (χ2n) is 8.47. The lowest BCUT2D eigenvalue weighted by molar-refractivity contribution is -0.277. The monoisotopic (exact) mass is 453 g/mol. The molecule has 1 heterocycles. The molecule has 1 aromatic carbocycles. The van der Waals surface area contributed by atoms with Crippen LogP contribution >= 0.6 is 0 Å². The predicted molar refractivity (Wildman–Crippen MR) is 121 cm³/mol. The van der Waals surface area contributed by atoms with Gasteiger partial charge in [-0.05, 0) is 30.7 Å². The number of benzene rings is 1. The number of amides is 1. The maximum atomic E-state index is 12.1. The van der Waals surface area contributed by atoms with Crippen LogP contribution in [0.3, 0.4) is 0 Å². The molecule has 2 rings (SSSR count). The Balaban J connectivity index is 1.67. The number of rotatable bonds is 14. The van der Waals surface area contributed by atoms with E-state index in [0.29, 0.717) is 17.9 Å². The zero-order chi connectivity index (χ0) is 23.3. The van der Waals surface area contributed by atoms with Gasteiger partial charge in [0.25, 0.3) is 0 Å². The van der Waals surface area contributed by atoms with Crippen LogP contribution in [-0.4, -0.2) is 63.6 Å². The van der Waals surface area contributed by atoms with Gasteiger partial charge in [-0.2, -0.15) is 0 Å². The van der Waals surface area contributed by atoms with E-state index in [1.807, 2.05) is 0 Å². The quantitative estimate of drug-likeness (QED) is 0.274. The van der Waals surface area contributed by atoms with Crippen LogP contribution in [0.15, 0.2) is 24.3 Å². The lowest BCUT2D eigenvalue weighted by Gasteiger charge is -2.39. The Bertz CT molecular complexity index is 652. The van der Waals surface area contributed by atoms with Gasteiger partial charge in [0.1, 0.15) is 30.2 Å². The van der Waals surface area contributed by atoms with E-state index in [1.165, 1.54) is 44.9 Å². The lowest BCUT2D eigenvalue weighted by atomic mass is 9.99. The third-order valence-electron chi connectivity index (χ3n) is 5.75. The molecule has 32 heavy (non-hydrogen) atoms. The molecular formula is C24H39NO7. The molecule has 0 saturated carbocycles. The minimum Gasteiger partial charge on any atom is -0.462 e. The summed E-state index contributed by atoms with van der Waals surface area (Å²) in [5.41, 5.74) is 0.632. The molecule has 0 aromatic heterocycles. The minimum absolute atomic E-state index is 0.0319. The third-order valence-corrected chi connectivity index (χ3v) is 5.75. The molecule has 182 valence electrons. The van der Waals surface area contributed by atoms with E-state index >= 15 is 0 Å². The van der Waals surface area contributed by atoms with Crippen LogP contribution < -0.4 is 10.1 Å². The van der Waals surface area contributed by atoms with Crippen LogP contribution in [0, 0.1) is 0 Å². The Morgan fingerprint density at radius 2 is 1.50 bits per heavy atom. The number of carbonyl (C=O) groups excluding carboxylic acids is 1. The Morgan fingerprint density at radius 1 is 0.906 bits per heavy atom. The smallest absolute Gasteiger partial charge is 0.229 e. The Hall–Kier alpha value is -1.71. The summed E-state index contributed by atoms with van der Waals surface area (Å²) in [5.74, 6) is 0.321. The largest absolute Gasteiger partial charge is 0.462 e. The fraction of sp³-hybridized carbons (Fsp3) is 0.708. The first kappa shape index (κ1) is 26.5. The second kappa shape index (κ2) is 14.4. The van der Waals surface area contributed by atoms with Crippen LogP contribution in [0.2, 0.25) is 0 Å². The van der Waals surface area contributed by atoms with Crippen LogP contribution in [0.4, 0.5) is 5.69 Å². The summed E-state index contributed by atoms with van der Waals surface area (Å²) in [6.07, 6.45) is 4.67. The minimum atomic E-state index is -1.49. The van der Waals surface area contributed by atoms with Gasteiger partial charge < -0.3 is 35.2 Å². The van der Waals surface area contributed by atoms with Crippen LogP contribution in [0.5, 0.6) is 5.75 Å². The molecule has 0 unspecified atom stereocenters. The summed E-state index contributed by atoms with van der Waals surface area (Å²) >= 11 is 0. The van der Waals surface area contributed by atoms with Crippen LogP contribution in [-0.2, 0) is 9.53 Å². The number of aliphatic hydroxyl groups is 4. The summed E-state index contributed by atoms with van der Waals surface area (Å²) < 4.78 is 10.9. The number of ether oxygens (including phenoxy) is 2. The van der Waals surface area contributed by atoms with Gasteiger partial charge in [-0.1, -0.05) is 58.3 Å². The summed E-state index contributed by atoms with van der Waals surface area (Å²) in [4.78, 5) is 12.1. The summed E-state index contributed by atoms with van der Waals surface area (Å²) in [7, 11) is 0. The normalized spacial score (nSPS) is 25.5. The van der Waals surface area contributed by atoms with Crippen molar-refractivity contribution in [2.24, 2.45) is 0 Å². The van der Waals surface area contributed by atoms with Crippen molar-refractivity contribution in [3.05, 3.63) is 24.3 Å². The average molecular weight is 454 g/mol. The van der Waals surface area contributed by atoms with Gasteiger partial charge in [-0.15, -0.1) is 0 Å². The number of anilines is 1. The fourth-order valence-corrected chi connectivity index (χ4v) is 3.74. The molecule has 1 aromatic rings. The van der Waals surface area contributed by atoms with E-state index in [-0.39, 0.29) is 5.91 Å². The molecular weight excluding hydrogens is 414 g/mol. The molecule has 0 radical (unpaired) electrons. The van der Waals surface area contributed by atoms with E-state index in [2.05, 4.69) is 12.2 Å². The molecule has 8 heteroatoms. The maximum Gasteiger partial charge on any atom is 0.229 e. The van der Waals surface area contributed by atoms with E-state index in [0.717, 1.165) is 12.8 Å². The average Bonchev–Trinajstić information content (AvgIpc) is 2.79. The van der Waals surface area contributed by atoms with Gasteiger partial charge in [0, 0.05) is 12.1 Å². The standard InChI is InChI=1S/C24H39NO7/c1-2-3-4-5-6-7-8-9-10-11-20(27)25-17-12-14-18(15-13-17)31-24-23(30)22(29)21(28)19(16-26)32-24/h12-15,19,21-24,26,28-30H,2-11,16H2,1H3,(H,25,27)/t19-,21+,22+,23-,24+/m1/s1. The first-order valence-corrected chi connectivity index (χ1v) is 11.8. The summed E-state index contributed by atoms with van der Waals surface area (Å²) in [6.45, 7) is 1.70. The number of carbonyl (C=O) groups is 1. The Morgan fingerprint density at radius 3 is 2.09 bits per heavy atom. The van der Waals surface area contributed by atoms with Gasteiger partial charge in [-0.25, -0.2) is 0 Å². The molecule has 5 N–H and O–H groups in total. The molecule has 5 atom stereocenters. The predicted octanol–water partition coefficient (Wildman–Crippen LogP) is 2.72. The van der Waals surface area contributed by atoms with Gasteiger partial charge in [0.2, 0.25) is 12.2 Å². The van der Waals surface area contributed by atoms with Crippen molar-refractivity contribution in [3.8, 4) is 5.75 Å². The van der Waals surface area contributed by atoms with Crippen molar-refractivity contribution >= 4 is 11.6 Å². The van der Waals surface area contributed by atoms with E-state index in [9.17, 15) is 25.2 Å². The van der Waals surface area contributed by atoms with Gasteiger partial charge >= 0.3 is 0 Å². The van der Waals surface area contributed by atoms with Crippen LogP contribution in [0.25, 0.3) is 0 Å². The van der Waals surface area contributed by atoms with Gasteiger partial charge in [0.15, 0.2) is 0 Å². The Labute approximate surface area is 190 Å². The number of hydrogen-bond donors (Lipinski definition) is 5. The lowest BCUT2D eigenvalue weighted by Crippen LogP contribution is -2.60. The second-order valence-corrected chi connectivity index (χ2v) is 8.47. The topological polar surface area (TPSA) is 128 Å². The van der Waals surface area contributed by atoms with E-state index < -0.39 is 37.3 Å². The number of hydrogen-bond acceptors (Lipinski definition) is 7. The molecule has 8 nitrogen and oxygen atoms in total. The van der Waals surface area contributed by atoms with Crippen molar-refractivity contribution in [2.45, 2.75) is 102 Å². The molecule has 1 saturated heterocycles. The van der Waals surface area contributed by atoms with Crippen molar-refractivity contribution in [1.82, 2.24) is 0 Å². The van der Waals surface area contributed by atoms with Gasteiger partial charge in [-0.3, -0.25) is 4.79 Å².